The van der Waals surface area contributed by atoms with Gasteiger partial charge in [-0.2, -0.15) is 0 Å². The third-order valence-electron chi connectivity index (χ3n) is 4.04. The third kappa shape index (κ3) is 3.26. The number of benzene rings is 1. The first-order valence-corrected chi connectivity index (χ1v) is 7.21. The zero-order chi connectivity index (χ0) is 13.1. The Kier molecular flexibility index (Phi) is 4.01. The van der Waals surface area contributed by atoms with E-state index in [1.165, 1.54) is 11.3 Å². The molecule has 104 valence electrons. The molecule has 0 saturated carbocycles. The lowest BCUT2D eigenvalue weighted by molar-refractivity contribution is 0.0342. The van der Waals surface area contributed by atoms with E-state index in [9.17, 15) is 0 Å². The SMILES string of the molecule is N[C@@H]1CCN(c2ccc(CN3CCOCC3)cc2)C1. The fourth-order valence-corrected chi connectivity index (χ4v) is 2.85. The minimum Gasteiger partial charge on any atom is -0.379 e. The van der Waals surface area contributed by atoms with E-state index in [1.807, 2.05) is 0 Å². The van der Waals surface area contributed by atoms with E-state index in [0.29, 0.717) is 6.04 Å². The zero-order valence-corrected chi connectivity index (χ0v) is 11.4. The van der Waals surface area contributed by atoms with E-state index in [-0.39, 0.29) is 0 Å². The number of ether oxygens (including phenoxy) is 1. The first-order valence-electron chi connectivity index (χ1n) is 7.21. The summed E-state index contributed by atoms with van der Waals surface area (Å²) in [6, 6.07) is 9.29. The molecule has 0 aromatic heterocycles. The predicted octanol–water partition coefficient (Wildman–Crippen LogP) is 1.06. The predicted molar refractivity (Wildman–Crippen MR) is 77.3 cm³/mol. The molecule has 2 saturated heterocycles. The van der Waals surface area contributed by atoms with Crippen molar-refractivity contribution in [1.29, 1.82) is 0 Å². The van der Waals surface area contributed by atoms with E-state index < -0.39 is 0 Å². The van der Waals surface area contributed by atoms with Crippen LogP contribution < -0.4 is 10.6 Å². The van der Waals surface area contributed by atoms with Crippen molar-refractivity contribution in [3.05, 3.63) is 29.8 Å². The fraction of sp³-hybridized carbons (Fsp3) is 0.600. The number of nitrogens with zero attached hydrogens (tertiary/aromatic N) is 2. The van der Waals surface area contributed by atoms with Gasteiger partial charge in [0.05, 0.1) is 13.2 Å². The Morgan fingerprint density at radius 2 is 1.84 bits per heavy atom. The summed E-state index contributed by atoms with van der Waals surface area (Å²) in [5.74, 6) is 0. The second-order valence-corrected chi connectivity index (χ2v) is 5.55. The van der Waals surface area contributed by atoms with Crippen molar-refractivity contribution in [2.45, 2.75) is 19.0 Å². The molecule has 1 atom stereocenters. The Morgan fingerprint density at radius 3 is 2.47 bits per heavy atom. The normalized spacial score (nSPS) is 24.9. The third-order valence-corrected chi connectivity index (χ3v) is 4.04. The van der Waals surface area contributed by atoms with Crippen molar-refractivity contribution in [3.8, 4) is 0 Å². The van der Waals surface area contributed by atoms with Crippen LogP contribution in [-0.4, -0.2) is 50.3 Å². The summed E-state index contributed by atoms with van der Waals surface area (Å²) in [5, 5.41) is 0. The first kappa shape index (κ1) is 12.9. The Bertz CT molecular complexity index is 400. The van der Waals surface area contributed by atoms with Gasteiger partial charge in [0.25, 0.3) is 0 Å². The van der Waals surface area contributed by atoms with Crippen LogP contribution in [0.4, 0.5) is 5.69 Å². The van der Waals surface area contributed by atoms with Crippen molar-refractivity contribution in [2.24, 2.45) is 5.73 Å². The first-order chi connectivity index (χ1) is 9.31. The average Bonchev–Trinajstić information content (AvgIpc) is 2.87. The van der Waals surface area contributed by atoms with Crippen LogP contribution in [0, 0.1) is 0 Å². The van der Waals surface area contributed by atoms with Crippen LogP contribution in [0.1, 0.15) is 12.0 Å². The largest absolute Gasteiger partial charge is 0.379 e. The molecule has 4 nitrogen and oxygen atoms in total. The zero-order valence-electron chi connectivity index (χ0n) is 11.4. The number of morpholine rings is 1. The van der Waals surface area contributed by atoms with Gasteiger partial charge >= 0.3 is 0 Å². The molecule has 0 aliphatic carbocycles. The van der Waals surface area contributed by atoms with Gasteiger partial charge in [-0.15, -0.1) is 0 Å². The van der Waals surface area contributed by atoms with Gasteiger partial charge in [-0.3, -0.25) is 4.90 Å². The Hall–Kier alpha value is -1.10. The number of hydrogen-bond acceptors (Lipinski definition) is 4. The summed E-state index contributed by atoms with van der Waals surface area (Å²) in [6.45, 7) is 6.93. The molecule has 1 aromatic rings. The number of nitrogens with two attached hydrogens (primary N) is 1. The molecule has 0 unspecified atom stereocenters. The monoisotopic (exact) mass is 261 g/mol. The van der Waals surface area contributed by atoms with Crippen LogP contribution in [0.25, 0.3) is 0 Å². The molecule has 1 aromatic carbocycles. The summed E-state index contributed by atoms with van der Waals surface area (Å²) in [6.07, 6.45) is 1.11. The molecule has 0 spiro atoms. The van der Waals surface area contributed by atoms with Crippen molar-refractivity contribution >= 4 is 5.69 Å². The maximum absolute atomic E-state index is 5.96. The lowest BCUT2D eigenvalue weighted by Crippen LogP contribution is -2.35. The van der Waals surface area contributed by atoms with Gasteiger partial charge in [-0.05, 0) is 24.1 Å². The molecule has 2 aliphatic rings. The van der Waals surface area contributed by atoms with Gasteiger partial charge in [-0.1, -0.05) is 12.1 Å². The van der Waals surface area contributed by atoms with Crippen molar-refractivity contribution in [1.82, 2.24) is 4.90 Å². The maximum Gasteiger partial charge on any atom is 0.0594 e. The van der Waals surface area contributed by atoms with Crippen LogP contribution in [0.5, 0.6) is 0 Å². The molecule has 0 bridgehead atoms. The van der Waals surface area contributed by atoms with Crippen LogP contribution in [0.15, 0.2) is 24.3 Å². The average molecular weight is 261 g/mol. The number of rotatable bonds is 3. The molecule has 0 radical (unpaired) electrons. The quantitative estimate of drug-likeness (QED) is 0.883. The molecule has 2 heterocycles. The minimum atomic E-state index is 0.341. The molecular formula is C15H23N3O. The van der Waals surface area contributed by atoms with Gasteiger partial charge in [0.1, 0.15) is 0 Å². The van der Waals surface area contributed by atoms with Crippen LogP contribution in [0.3, 0.4) is 0 Å². The Labute approximate surface area is 115 Å². The van der Waals surface area contributed by atoms with Gasteiger partial charge in [0.15, 0.2) is 0 Å². The molecule has 2 aliphatic heterocycles. The topological polar surface area (TPSA) is 41.7 Å². The highest BCUT2D eigenvalue weighted by atomic mass is 16.5. The second-order valence-electron chi connectivity index (χ2n) is 5.55. The molecule has 2 fully saturated rings. The maximum atomic E-state index is 5.96. The lowest BCUT2D eigenvalue weighted by Gasteiger charge is -2.26. The van der Waals surface area contributed by atoms with Gasteiger partial charge in [0.2, 0.25) is 0 Å². The number of hydrogen-bond donors (Lipinski definition) is 1. The van der Waals surface area contributed by atoms with Gasteiger partial charge in [-0.25, -0.2) is 0 Å². The standard InChI is InChI=1S/C15H23N3O/c16-14-5-6-18(12-14)15-3-1-13(2-4-15)11-17-7-9-19-10-8-17/h1-4,14H,5-12,16H2/t14-/m1/s1. The van der Waals surface area contributed by atoms with Crippen molar-refractivity contribution < 1.29 is 4.74 Å². The molecule has 2 N–H and O–H groups in total. The fourth-order valence-electron chi connectivity index (χ4n) is 2.85. The van der Waals surface area contributed by atoms with E-state index >= 15 is 0 Å². The molecule has 19 heavy (non-hydrogen) atoms. The van der Waals surface area contributed by atoms with Crippen molar-refractivity contribution in [2.75, 3.05) is 44.3 Å². The minimum absolute atomic E-state index is 0.341. The second kappa shape index (κ2) is 5.90. The van der Waals surface area contributed by atoms with Crippen LogP contribution in [-0.2, 0) is 11.3 Å². The summed E-state index contributed by atoms with van der Waals surface area (Å²) < 4.78 is 5.37. The Balaban J connectivity index is 1.59. The number of anilines is 1. The van der Waals surface area contributed by atoms with Crippen LogP contribution in [0.2, 0.25) is 0 Å². The highest BCUT2D eigenvalue weighted by Gasteiger charge is 2.19. The van der Waals surface area contributed by atoms with Gasteiger partial charge in [0, 0.05) is 44.5 Å². The van der Waals surface area contributed by atoms with E-state index in [2.05, 4.69) is 34.1 Å². The summed E-state index contributed by atoms with van der Waals surface area (Å²) in [4.78, 5) is 4.83. The van der Waals surface area contributed by atoms with E-state index in [0.717, 1.165) is 52.4 Å². The van der Waals surface area contributed by atoms with Crippen LogP contribution >= 0.6 is 0 Å². The highest BCUT2D eigenvalue weighted by Crippen LogP contribution is 2.20. The molecule has 0 amide bonds. The molecule has 4 heteroatoms. The summed E-state index contributed by atoms with van der Waals surface area (Å²) in [7, 11) is 0. The van der Waals surface area contributed by atoms with Crippen molar-refractivity contribution in [3.63, 3.8) is 0 Å². The lowest BCUT2D eigenvalue weighted by atomic mass is 10.2. The summed E-state index contributed by atoms with van der Waals surface area (Å²) >= 11 is 0. The highest BCUT2D eigenvalue weighted by molar-refractivity contribution is 5.48. The Morgan fingerprint density at radius 1 is 1.11 bits per heavy atom. The summed E-state index contributed by atoms with van der Waals surface area (Å²) in [5.41, 5.74) is 8.64. The van der Waals surface area contributed by atoms with E-state index in [4.69, 9.17) is 10.5 Å². The van der Waals surface area contributed by atoms with Gasteiger partial charge < -0.3 is 15.4 Å². The molecule has 3 rings (SSSR count). The smallest absolute Gasteiger partial charge is 0.0594 e. The molecular weight excluding hydrogens is 238 g/mol. The van der Waals surface area contributed by atoms with E-state index in [1.54, 1.807) is 0 Å².